The highest BCUT2D eigenvalue weighted by molar-refractivity contribution is 7.89. The number of para-hydroxylation sites is 3. The van der Waals surface area contributed by atoms with E-state index in [-0.39, 0.29) is 4.90 Å². The summed E-state index contributed by atoms with van der Waals surface area (Å²) in [6, 6.07) is 22.3. The third-order valence-corrected chi connectivity index (χ3v) is 6.20. The predicted octanol–water partition coefficient (Wildman–Crippen LogP) is 3.02. The van der Waals surface area contributed by atoms with E-state index in [0.29, 0.717) is 22.6 Å². The number of hydrogen-bond donors (Lipinski definition) is 3. The predicted molar refractivity (Wildman–Crippen MR) is 112 cm³/mol. The van der Waals surface area contributed by atoms with Crippen molar-refractivity contribution in [2.75, 3.05) is 5.32 Å². The van der Waals surface area contributed by atoms with Gasteiger partial charge in [0.25, 0.3) is 15.9 Å². The van der Waals surface area contributed by atoms with Crippen LogP contribution in [0.25, 0.3) is 11.0 Å². The molecule has 0 aliphatic carbocycles. The third kappa shape index (κ3) is 3.10. The molecule has 3 N–H and O–H groups in total. The van der Waals surface area contributed by atoms with Crippen molar-refractivity contribution in [3.8, 4) is 0 Å². The average Bonchev–Trinajstić information content (AvgIpc) is 3.20. The number of nitrogens with one attached hydrogen (secondary N) is 3. The Hall–Kier alpha value is -3.69. The molecule has 8 nitrogen and oxygen atoms in total. The van der Waals surface area contributed by atoms with Gasteiger partial charge < -0.3 is 10.3 Å². The van der Waals surface area contributed by atoms with E-state index in [1.54, 1.807) is 42.5 Å². The third-order valence-electron chi connectivity index (χ3n) is 4.87. The maximum Gasteiger partial charge on any atom is 0.273 e. The lowest BCUT2D eigenvalue weighted by molar-refractivity contribution is 0.0625. The lowest BCUT2D eigenvalue weighted by Crippen LogP contribution is -2.53. The SMILES string of the molecule is O=C1c2ccccc2NC(c2nc3ccccc3[nH]2)N1NS(=O)(=O)c1ccccc1. The largest absolute Gasteiger partial charge is 0.357 e. The normalized spacial score (nSPS) is 16.3. The molecule has 3 aromatic carbocycles. The molecule has 1 aliphatic rings. The molecule has 1 amide bonds. The fraction of sp³-hybridized carbons (Fsp3) is 0.0476. The number of sulfonamides is 1. The monoisotopic (exact) mass is 419 g/mol. The van der Waals surface area contributed by atoms with Crippen molar-refractivity contribution in [1.29, 1.82) is 0 Å². The Balaban J connectivity index is 1.60. The van der Waals surface area contributed by atoms with Crippen LogP contribution < -0.4 is 10.1 Å². The van der Waals surface area contributed by atoms with Crippen LogP contribution in [-0.4, -0.2) is 29.3 Å². The van der Waals surface area contributed by atoms with E-state index >= 15 is 0 Å². The molecule has 0 saturated carbocycles. The Morgan fingerprint density at radius 3 is 2.40 bits per heavy atom. The number of aromatic amines is 1. The summed E-state index contributed by atoms with van der Waals surface area (Å²) in [6.07, 6.45) is -0.863. The fourth-order valence-electron chi connectivity index (χ4n) is 3.42. The van der Waals surface area contributed by atoms with Gasteiger partial charge in [0, 0.05) is 5.69 Å². The van der Waals surface area contributed by atoms with Crippen LogP contribution in [0.2, 0.25) is 0 Å². The molecule has 0 fully saturated rings. The summed E-state index contributed by atoms with van der Waals surface area (Å²) >= 11 is 0. The second-order valence-electron chi connectivity index (χ2n) is 6.81. The molecule has 5 rings (SSSR count). The smallest absolute Gasteiger partial charge is 0.273 e. The van der Waals surface area contributed by atoms with Crippen LogP contribution in [0.15, 0.2) is 83.8 Å². The second-order valence-corrected chi connectivity index (χ2v) is 8.48. The number of amides is 1. The van der Waals surface area contributed by atoms with Crippen LogP contribution in [0.3, 0.4) is 0 Å². The number of anilines is 1. The summed E-state index contributed by atoms with van der Waals surface area (Å²) in [7, 11) is -3.99. The molecule has 30 heavy (non-hydrogen) atoms. The number of hydrazine groups is 1. The Labute approximate surface area is 172 Å². The molecule has 2 heterocycles. The molecule has 1 aliphatic heterocycles. The van der Waals surface area contributed by atoms with Crippen LogP contribution in [0, 0.1) is 0 Å². The van der Waals surface area contributed by atoms with Gasteiger partial charge in [-0.1, -0.05) is 42.5 Å². The summed E-state index contributed by atoms with van der Waals surface area (Å²) in [5.74, 6) is -0.0656. The van der Waals surface area contributed by atoms with Gasteiger partial charge in [-0.05, 0) is 36.4 Å². The van der Waals surface area contributed by atoms with E-state index in [9.17, 15) is 13.2 Å². The van der Waals surface area contributed by atoms with E-state index < -0.39 is 22.1 Å². The van der Waals surface area contributed by atoms with Crippen molar-refractivity contribution in [3.05, 3.63) is 90.3 Å². The molecule has 0 radical (unpaired) electrons. The van der Waals surface area contributed by atoms with Crippen LogP contribution >= 0.6 is 0 Å². The van der Waals surface area contributed by atoms with Crippen molar-refractivity contribution in [2.24, 2.45) is 0 Å². The standard InChI is InChI=1S/C21H17N5O3S/c27-21-15-10-4-5-11-16(15)24-20(19-22-17-12-6-7-13-18(17)23-19)26(21)25-30(28,29)14-8-2-1-3-9-14/h1-13,20,24-25H,(H,22,23). The molecule has 9 heteroatoms. The number of aromatic nitrogens is 2. The number of hydrogen-bond acceptors (Lipinski definition) is 5. The first kappa shape index (κ1) is 18.3. The van der Waals surface area contributed by atoms with E-state index in [1.807, 2.05) is 24.3 Å². The van der Waals surface area contributed by atoms with Gasteiger partial charge in [0.1, 0.15) is 0 Å². The molecule has 1 unspecified atom stereocenters. The summed E-state index contributed by atoms with van der Waals surface area (Å²) < 4.78 is 25.9. The topological polar surface area (TPSA) is 107 Å². The number of carbonyl (C=O) groups is 1. The minimum absolute atomic E-state index is 0.0556. The zero-order valence-corrected chi connectivity index (χ0v) is 16.4. The first-order valence-corrected chi connectivity index (χ1v) is 10.7. The number of benzene rings is 3. The zero-order valence-electron chi connectivity index (χ0n) is 15.6. The van der Waals surface area contributed by atoms with Gasteiger partial charge in [0.2, 0.25) is 0 Å². The molecule has 4 aromatic rings. The Bertz CT molecular complexity index is 1320. The van der Waals surface area contributed by atoms with Crippen LogP contribution in [0.4, 0.5) is 5.69 Å². The van der Waals surface area contributed by atoms with Gasteiger partial charge in [-0.3, -0.25) is 4.79 Å². The fourth-order valence-corrected chi connectivity index (χ4v) is 4.49. The summed E-state index contributed by atoms with van der Waals surface area (Å²) in [4.78, 5) is 23.4. The van der Waals surface area contributed by atoms with Crippen molar-refractivity contribution >= 4 is 32.7 Å². The number of imidazole rings is 1. The molecule has 1 atom stereocenters. The number of nitrogens with zero attached hydrogens (tertiary/aromatic N) is 2. The van der Waals surface area contributed by atoms with Crippen molar-refractivity contribution in [1.82, 2.24) is 19.8 Å². The van der Waals surface area contributed by atoms with E-state index in [4.69, 9.17) is 0 Å². The first-order valence-electron chi connectivity index (χ1n) is 9.24. The highest BCUT2D eigenvalue weighted by atomic mass is 32.2. The maximum atomic E-state index is 13.2. The Morgan fingerprint density at radius 2 is 1.60 bits per heavy atom. The van der Waals surface area contributed by atoms with E-state index in [1.165, 1.54) is 12.1 Å². The quantitative estimate of drug-likeness (QED) is 0.471. The van der Waals surface area contributed by atoms with Gasteiger partial charge in [-0.15, -0.1) is 4.83 Å². The number of carbonyl (C=O) groups excluding carboxylic acids is 1. The van der Waals surface area contributed by atoms with Crippen LogP contribution in [0.5, 0.6) is 0 Å². The minimum atomic E-state index is -3.99. The number of rotatable bonds is 4. The number of fused-ring (bicyclic) bond motifs is 2. The number of H-pyrrole nitrogens is 1. The van der Waals surface area contributed by atoms with Gasteiger partial charge in [-0.25, -0.2) is 18.4 Å². The lowest BCUT2D eigenvalue weighted by Gasteiger charge is -2.36. The second kappa shape index (κ2) is 6.97. The Morgan fingerprint density at radius 1 is 0.900 bits per heavy atom. The van der Waals surface area contributed by atoms with Crippen LogP contribution in [-0.2, 0) is 10.0 Å². The van der Waals surface area contributed by atoms with Gasteiger partial charge in [-0.2, -0.15) is 0 Å². The highest BCUT2D eigenvalue weighted by Gasteiger charge is 2.37. The average molecular weight is 419 g/mol. The van der Waals surface area contributed by atoms with Gasteiger partial charge in [0.15, 0.2) is 12.0 Å². The first-order chi connectivity index (χ1) is 14.5. The van der Waals surface area contributed by atoms with Gasteiger partial charge in [0.05, 0.1) is 21.5 Å². The molecule has 0 spiro atoms. The molecule has 1 aromatic heterocycles. The molecule has 150 valence electrons. The highest BCUT2D eigenvalue weighted by Crippen LogP contribution is 2.32. The van der Waals surface area contributed by atoms with E-state index in [2.05, 4.69) is 20.1 Å². The lowest BCUT2D eigenvalue weighted by atomic mass is 10.1. The van der Waals surface area contributed by atoms with Gasteiger partial charge >= 0.3 is 0 Å². The molecular weight excluding hydrogens is 402 g/mol. The molecule has 0 saturated heterocycles. The minimum Gasteiger partial charge on any atom is -0.357 e. The summed E-state index contributed by atoms with van der Waals surface area (Å²) in [6.45, 7) is 0. The van der Waals surface area contributed by atoms with Crippen molar-refractivity contribution < 1.29 is 13.2 Å². The summed E-state index contributed by atoms with van der Waals surface area (Å²) in [5.41, 5.74) is 2.46. The van der Waals surface area contributed by atoms with E-state index in [0.717, 1.165) is 10.5 Å². The van der Waals surface area contributed by atoms with Crippen molar-refractivity contribution in [3.63, 3.8) is 0 Å². The Kier molecular flexibility index (Phi) is 4.27. The van der Waals surface area contributed by atoms with Crippen LogP contribution in [0.1, 0.15) is 22.3 Å². The maximum absolute atomic E-state index is 13.2. The molecular formula is C21H17N5O3S. The zero-order chi connectivity index (χ0) is 20.7. The van der Waals surface area contributed by atoms with Crippen molar-refractivity contribution in [2.45, 2.75) is 11.1 Å². The summed E-state index contributed by atoms with van der Waals surface area (Å²) in [5, 5.41) is 4.27. The molecule has 0 bridgehead atoms.